The Bertz CT molecular complexity index is 1340. The highest BCUT2D eigenvalue weighted by Crippen LogP contribution is 2.29. The van der Waals surface area contributed by atoms with E-state index in [9.17, 15) is 24.5 Å². The molecule has 3 aromatic carbocycles. The predicted molar refractivity (Wildman–Crippen MR) is 130 cm³/mol. The summed E-state index contributed by atoms with van der Waals surface area (Å²) in [5.41, 5.74) is 2.81. The molecule has 0 aromatic heterocycles. The average molecular weight is 515 g/mol. The number of rotatable bonds is 6. The second-order valence-corrected chi connectivity index (χ2v) is 7.67. The van der Waals surface area contributed by atoms with E-state index in [1.165, 1.54) is 49.4 Å². The number of amides is 2. The molecule has 3 aromatic rings. The minimum absolute atomic E-state index is 0.0822. The molecule has 0 spiro atoms. The van der Waals surface area contributed by atoms with Gasteiger partial charge in [-0.15, -0.1) is 0 Å². The molecule has 0 atom stereocenters. The quantitative estimate of drug-likeness (QED) is 0.123. The molecular formula is C23H16Cl2N4O6. The summed E-state index contributed by atoms with van der Waals surface area (Å²) in [6.07, 6.45) is 0. The lowest BCUT2D eigenvalue weighted by molar-refractivity contribution is -0.384. The summed E-state index contributed by atoms with van der Waals surface area (Å²) in [6.45, 7) is 1.53. The molecule has 10 nitrogen and oxygen atoms in total. The summed E-state index contributed by atoms with van der Waals surface area (Å²) < 4.78 is 5.40. The van der Waals surface area contributed by atoms with Gasteiger partial charge in [-0.25, -0.2) is 10.2 Å². The third-order valence-electron chi connectivity index (χ3n) is 4.52. The van der Waals surface area contributed by atoms with Crippen molar-refractivity contribution in [1.82, 2.24) is 5.43 Å². The van der Waals surface area contributed by atoms with Crippen LogP contribution in [0.1, 0.15) is 22.8 Å². The number of nitro benzene ring substituents is 1. The van der Waals surface area contributed by atoms with Gasteiger partial charge in [0.2, 0.25) is 0 Å². The van der Waals surface area contributed by atoms with Gasteiger partial charge >= 0.3 is 17.8 Å². The van der Waals surface area contributed by atoms with Gasteiger partial charge in [0, 0.05) is 17.7 Å². The molecule has 0 aliphatic carbocycles. The van der Waals surface area contributed by atoms with Crippen LogP contribution >= 0.6 is 23.2 Å². The van der Waals surface area contributed by atoms with E-state index in [2.05, 4.69) is 15.8 Å². The van der Waals surface area contributed by atoms with E-state index in [-0.39, 0.29) is 38.4 Å². The maximum Gasteiger partial charge on any atom is 0.343 e. The Morgan fingerprint density at radius 1 is 0.943 bits per heavy atom. The summed E-state index contributed by atoms with van der Waals surface area (Å²) >= 11 is 11.9. The second-order valence-electron chi connectivity index (χ2n) is 6.88. The number of nitrogens with zero attached hydrogens (tertiary/aromatic N) is 2. The van der Waals surface area contributed by atoms with Crippen LogP contribution in [0.5, 0.6) is 5.75 Å². The molecule has 12 heteroatoms. The predicted octanol–water partition coefficient (Wildman–Crippen LogP) is 4.60. The van der Waals surface area contributed by atoms with Crippen LogP contribution in [-0.2, 0) is 9.59 Å². The van der Waals surface area contributed by atoms with Crippen molar-refractivity contribution in [2.45, 2.75) is 6.92 Å². The Morgan fingerprint density at radius 2 is 1.63 bits per heavy atom. The van der Waals surface area contributed by atoms with Crippen molar-refractivity contribution < 1.29 is 24.0 Å². The normalized spacial score (nSPS) is 10.9. The number of nitrogens with one attached hydrogen (secondary N) is 2. The molecule has 0 saturated carbocycles. The van der Waals surface area contributed by atoms with Crippen LogP contribution in [0, 0.1) is 10.1 Å². The van der Waals surface area contributed by atoms with Gasteiger partial charge in [0.15, 0.2) is 0 Å². The van der Waals surface area contributed by atoms with E-state index in [1.807, 2.05) is 0 Å². The van der Waals surface area contributed by atoms with Crippen LogP contribution in [-0.4, -0.2) is 28.4 Å². The van der Waals surface area contributed by atoms with Gasteiger partial charge < -0.3 is 10.1 Å². The second kappa shape index (κ2) is 11.2. The lowest BCUT2D eigenvalue weighted by atomic mass is 10.1. The lowest BCUT2D eigenvalue weighted by Crippen LogP contribution is -2.33. The Morgan fingerprint density at radius 3 is 2.31 bits per heavy atom. The molecule has 2 amide bonds. The van der Waals surface area contributed by atoms with Crippen molar-refractivity contribution >= 4 is 58.1 Å². The first kappa shape index (κ1) is 25.3. The third kappa shape index (κ3) is 6.40. The van der Waals surface area contributed by atoms with Crippen molar-refractivity contribution in [3.05, 3.63) is 98.0 Å². The maximum atomic E-state index is 12.5. The fourth-order valence-electron chi connectivity index (χ4n) is 2.76. The Kier molecular flexibility index (Phi) is 8.13. The molecule has 0 aliphatic rings. The zero-order chi connectivity index (χ0) is 25.5. The summed E-state index contributed by atoms with van der Waals surface area (Å²) in [7, 11) is 0. The van der Waals surface area contributed by atoms with Crippen molar-refractivity contribution in [2.24, 2.45) is 5.10 Å². The first-order valence-electron chi connectivity index (χ1n) is 9.83. The highest BCUT2D eigenvalue weighted by molar-refractivity contribution is 6.45. The fraction of sp³-hybridized carbons (Fsp3) is 0.0435. The summed E-state index contributed by atoms with van der Waals surface area (Å²) in [6, 6.07) is 15.9. The zero-order valence-corrected chi connectivity index (χ0v) is 19.5. The zero-order valence-electron chi connectivity index (χ0n) is 18.0. The molecule has 3 rings (SSSR count). The number of esters is 1. The molecule has 0 heterocycles. The number of hydrogen-bond donors (Lipinski definition) is 2. The molecule has 0 fully saturated rings. The van der Waals surface area contributed by atoms with E-state index < -0.39 is 22.7 Å². The molecule has 2 N–H and O–H groups in total. The maximum absolute atomic E-state index is 12.5. The summed E-state index contributed by atoms with van der Waals surface area (Å²) in [5, 5.41) is 17.3. The van der Waals surface area contributed by atoms with Gasteiger partial charge in [-0.1, -0.05) is 41.4 Å². The topological polar surface area (TPSA) is 140 Å². The van der Waals surface area contributed by atoms with Gasteiger partial charge in [-0.05, 0) is 43.3 Å². The van der Waals surface area contributed by atoms with Crippen LogP contribution in [0.2, 0.25) is 10.0 Å². The molecule has 178 valence electrons. The smallest absolute Gasteiger partial charge is 0.343 e. The average Bonchev–Trinajstić information content (AvgIpc) is 2.85. The van der Waals surface area contributed by atoms with Crippen molar-refractivity contribution in [2.75, 3.05) is 5.32 Å². The van der Waals surface area contributed by atoms with Crippen LogP contribution in [0.4, 0.5) is 11.4 Å². The SMILES string of the molecule is C/C(=N\NC(=O)C(=O)Nc1cccc(Cl)c1Cl)c1ccccc1OC(=O)c1ccc([N+](=O)[O-])cc1. The van der Waals surface area contributed by atoms with Gasteiger partial charge in [0.1, 0.15) is 5.75 Å². The van der Waals surface area contributed by atoms with E-state index in [1.54, 1.807) is 24.3 Å². The number of benzene rings is 3. The van der Waals surface area contributed by atoms with Crippen molar-refractivity contribution in [3.63, 3.8) is 0 Å². The third-order valence-corrected chi connectivity index (χ3v) is 5.34. The van der Waals surface area contributed by atoms with Gasteiger partial charge in [0.05, 0.1) is 31.9 Å². The molecule has 0 unspecified atom stereocenters. The minimum Gasteiger partial charge on any atom is -0.422 e. The highest BCUT2D eigenvalue weighted by Gasteiger charge is 2.17. The van der Waals surface area contributed by atoms with E-state index in [0.717, 1.165) is 0 Å². The largest absolute Gasteiger partial charge is 0.422 e. The first-order chi connectivity index (χ1) is 16.7. The lowest BCUT2D eigenvalue weighted by Gasteiger charge is -2.10. The monoisotopic (exact) mass is 514 g/mol. The number of ether oxygens (including phenoxy) is 1. The summed E-state index contributed by atoms with van der Waals surface area (Å²) in [4.78, 5) is 47.0. The van der Waals surface area contributed by atoms with Crippen LogP contribution < -0.4 is 15.5 Å². The van der Waals surface area contributed by atoms with E-state index in [4.69, 9.17) is 27.9 Å². The van der Waals surface area contributed by atoms with Crippen molar-refractivity contribution in [3.8, 4) is 5.75 Å². The summed E-state index contributed by atoms with van der Waals surface area (Å²) in [5.74, 6) is -2.71. The molecule has 0 saturated heterocycles. The number of para-hydroxylation sites is 1. The number of anilines is 1. The molecule has 0 radical (unpaired) electrons. The number of carbonyl (C=O) groups is 3. The number of halogens is 2. The highest BCUT2D eigenvalue weighted by atomic mass is 35.5. The van der Waals surface area contributed by atoms with Gasteiger partial charge in [-0.2, -0.15) is 5.10 Å². The van der Waals surface area contributed by atoms with Crippen LogP contribution in [0.25, 0.3) is 0 Å². The van der Waals surface area contributed by atoms with E-state index in [0.29, 0.717) is 5.56 Å². The van der Waals surface area contributed by atoms with Gasteiger partial charge in [0.25, 0.3) is 5.69 Å². The Balaban J connectivity index is 1.69. The van der Waals surface area contributed by atoms with Crippen molar-refractivity contribution in [1.29, 1.82) is 0 Å². The number of hydrogen-bond acceptors (Lipinski definition) is 7. The number of carbonyl (C=O) groups excluding carboxylic acids is 3. The van der Waals surface area contributed by atoms with Crippen LogP contribution in [0.15, 0.2) is 71.8 Å². The number of hydrazone groups is 1. The Labute approximate surface area is 208 Å². The minimum atomic E-state index is -1.07. The fourth-order valence-corrected chi connectivity index (χ4v) is 3.11. The standard InChI is InChI=1S/C23H16Cl2N4O6/c1-13(27-28-22(31)21(30)26-18-7-4-6-17(24)20(18)25)16-5-2-3-8-19(16)35-23(32)14-9-11-15(12-10-14)29(33)34/h2-12H,1H3,(H,26,30)(H,28,31)/b27-13+. The molecular weight excluding hydrogens is 499 g/mol. The molecule has 35 heavy (non-hydrogen) atoms. The van der Waals surface area contributed by atoms with Crippen LogP contribution in [0.3, 0.4) is 0 Å². The number of non-ortho nitro benzene ring substituents is 1. The Hall–Kier alpha value is -4.28. The van der Waals surface area contributed by atoms with Gasteiger partial charge in [-0.3, -0.25) is 19.7 Å². The molecule has 0 bridgehead atoms. The first-order valence-corrected chi connectivity index (χ1v) is 10.6. The van der Waals surface area contributed by atoms with E-state index >= 15 is 0 Å². The molecule has 0 aliphatic heterocycles. The number of nitro groups is 1.